The van der Waals surface area contributed by atoms with Gasteiger partial charge in [0.1, 0.15) is 0 Å². The van der Waals surface area contributed by atoms with Crippen LogP contribution in [0.3, 0.4) is 0 Å². The molecule has 1 atom stereocenters. The Bertz CT molecular complexity index is 650. The van der Waals surface area contributed by atoms with E-state index in [1.54, 1.807) is 0 Å². The van der Waals surface area contributed by atoms with Crippen LogP contribution in [0, 0.1) is 19.8 Å². The number of amides is 1. The Labute approximate surface area is 139 Å². The Kier molecular flexibility index (Phi) is 5.59. The van der Waals surface area contributed by atoms with Crippen LogP contribution in [0.1, 0.15) is 59.4 Å². The Hall–Kier alpha value is -2.09. The molecule has 2 heteroatoms. The third kappa shape index (κ3) is 4.95. The lowest BCUT2D eigenvalue weighted by Gasteiger charge is -2.16. The molecule has 0 fully saturated rings. The first-order chi connectivity index (χ1) is 10.8. The molecule has 2 nitrogen and oxygen atoms in total. The molecule has 0 spiro atoms. The largest absolute Gasteiger partial charge is 0.346 e. The van der Waals surface area contributed by atoms with Gasteiger partial charge in [-0.3, -0.25) is 4.79 Å². The minimum atomic E-state index is -0.0180. The van der Waals surface area contributed by atoms with E-state index in [0.29, 0.717) is 5.92 Å². The van der Waals surface area contributed by atoms with Gasteiger partial charge in [-0.2, -0.15) is 0 Å². The first-order valence-corrected chi connectivity index (χ1v) is 8.33. The molecule has 0 saturated carbocycles. The molecule has 23 heavy (non-hydrogen) atoms. The normalized spacial score (nSPS) is 12.3. The highest BCUT2D eigenvalue weighted by Crippen LogP contribution is 2.17. The molecule has 0 aliphatic carbocycles. The fourth-order valence-corrected chi connectivity index (χ4v) is 2.88. The van der Waals surface area contributed by atoms with E-state index >= 15 is 0 Å². The third-order valence-corrected chi connectivity index (χ3v) is 3.96. The molecule has 2 aromatic rings. The van der Waals surface area contributed by atoms with Gasteiger partial charge in [-0.25, -0.2) is 0 Å². The predicted octanol–water partition coefficient (Wildman–Crippen LogP) is 4.99. The van der Waals surface area contributed by atoms with E-state index in [0.717, 1.165) is 28.7 Å². The molecule has 0 aliphatic rings. The van der Waals surface area contributed by atoms with Gasteiger partial charge in [-0.05, 0) is 56.4 Å². The number of carbonyl (C=O) groups excluding carboxylic acids is 1. The molecule has 1 N–H and O–H groups in total. The molecule has 1 unspecified atom stereocenters. The summed E-state index contributed by atoms with van der Waals surface area (Å²) < 4.78 is 0. The standard InChI is InChI=1S/C21H27NO/c1-14(2)10-18-6-8-19(9-7-18)17(5)22-21(23)20-12-15(3)11-16(4)13-20/h6-9,11-14,17H,10H2,1-5H3,(H,22,23). The van der Waals surface area contributed by atoms with Crippen LogP contribution in [-0.4, -0.2) is 5.91 Å². The highest BCUT2D eigenvalue weighted by atomic mass is 16.1. The van der Waals surface area contributed by atoms with Crippen molar-refractivity contribution in [3.05, 3.63) is 70.3 Å². The fraction of sp³-hybridized carbons (Fsp3) is 0.381. The van der Waals surface area contributed by atoms with E-state index in [1.165, 1.54) is 5.56 Å². The summed E-state index contributed by atoms with van der Waals surface area (Å²) in [6, 6.07) is 14.5. The number of nitrogens with one attached hydrogen (secondary N) is 1. The molecular formula is C21H27NO. The minimum Gasteiger partial charge on any atom is -0.346 e. The molecule has 2 aromatic carbocycles. The summed E-state index contributed by atoms with van der Waals surface area (Å²) in [6.07, 6.45) is 1.09. The van der Waals surface area contributed by atoms with Crippen LogP contribution >= 0.6 is 0 Å². The van der Waals surface area contributed by atoms with E-state index in [1.807, 2.05) is 32.9 Å². The quantitative estimate of drug-likeness (QED) is 0.828. The van der Waals surface area contributed by atoms with E-state index < -0.39 is 0 Å². The average Bonchev–Trinajstić information content (AvgIpc) is 2.46. The van der Waals surface area contributed by atoms with Gasteiger partial charge < -0.3 is 5.32 Å². The molecule has 0 bridgehead atoms. The second-order valence-electron chi connectivity index (χ2n) is 6.91. The van der Waals surface area contributed by atoms with Crippen molar-refractivity contribution in [1.82, 2.24) is 5.32 Å². The van der Waals surface area contributed by atoms with Crippen molar-refractivity contribution in [1.29, 1.82) is 0 Å². The van der Waals surface area contributed by atoms with Crippen molar-refractivity contribution in [3.8, 4) is 0 Å². The smallest absolute Gasteiger partial charge is 0.251 e. The van der Waals surface area contributed by atoms with Gasteiger partial charge in [0, 0.05) is 5.56 Å². The molecule has 0 heterocycles. The summed E-state index contributed by atoms with van der Waals surface area (Å²) in [7, 11) is 0. The van der Waals surface area contributed by atoms with E-state index in [9.17, 15) is 4.79 Å². The maximum atomic E-state index is 12.4. The zero-order valence-corrected chi connectivity index (χ0v) is 14.8. The number of hydrogen-bond donors (Lipinski definition) is 1. The topological polar surface area (TPSA) is 29.1 Å². The molecule has 122 valence electrons. The van der Waals surface area contributed by atoms with Gasteiger partial charge in [0.15, 0.2) is 0 Å². The highest BCUT2D eigenvalue weighted by molar-refractivity contribution is 5.94. The lowest BCUT2D eigenvalue weighted by Crippen LogP contribution is -2.26. The molecule has 2 rings (SSSR count). The summed E-state index contributed by atoms with van der Waals surface area (Å²) >= 11 is 0. The lowest BCUT2D eigenvalue weighted by molar-refractivity contribution is 0.0939. The van der Waals surface area contributed by atoms with Crippen LogP contribution in [-0.2, 0) is 6.42 Å². The van der Waals surface area contributed by atoms with Crippen LogP contribution in [0.4, 0.5) is 0 Å². The third-order valence-electron chi connectivity index (χ3n) is 3.96. The summed E-state index contributed by atoms with van der Waals surface area (Å²) in [5, 5.41) is 3.09. The number of aryl methyl sites for hydroxylation is 2. The van der Waals surface area contributed by atoms with Crippen molar-refractivity contribution in [3.63, 3.8) is 0 Å². The molecule has 1 amide bonds. The summed E-state index contributed by atoms with van der Waals surface area (Å²) in [5.74, 6) is 0.637. The van der Waals surface area contributed by atoms with Crippen LogP contribution in [0.5, 0.6) is 0 Å². The first kappa shape index (κ1) is 17.3. The summed E-state index contributed by atoms with van der Waals surface area (Å²) in [6.45, 7) is 10.5. The Balaban J connectivity index is 2.05. The number of rotatable bonds is 5. The first-order valence-electron chi connectivity index (χ1n) is 8.33. The molecule has 0 radical (unpaired) electrons. The maximum Gasteiger partial charge on any atom is 0.251 e. The van der Waals surface area contributed by atoms with E-state index in [-0.39, 0.29) is 11.9 Å². The van der Waals surface area contributed by atoms with Crippen LogP contribution in [0.2, 0.25) is 0 Å². The van der Waals surface area contributed by atoms with E-state index in [4.69, 9.17) is 0 Å². The summed E-state index contributed by atoms with van der Waals surface area (Å²) in [4.78, 5) is 12.4. The van der Waals surface area contributed by atoms with Crippen molar-refractivity contribution < 1.29 is 4.79 Å². The number of carbonyl (C=O) groups is 1. The molecule has 0 aliphatic heterocycles. The van der Waals surface area contributed by atoms with E-state index in [2.05, 4.69) is 49.5 Å². The van der Waals surface area contributed by atoms with Crippen LogP contribution in [0.15, 0.2) is 42.5 Å². The highest BCUT2D eigenvalue weighted by Gasteiger charge is 2.12. The van der Waals surface area contributed by atoms with Crippen LogP contribution in [0.25, 0.3) is 0 Å². The zero-order valence-electron chi connectivity index (χ0n) is 14.8. The maximum absolute atomic E-state index is 12.4. The molecular weight excluding hydrogens is 282 g/mol. The SMILES string of the molecule is Cc1cc(C)cc(C(=O)NC(C)c2ccc(CC(C)C)cc2)c1. The minimum absolute atomic E-state index is 0.00332. The monoisotopic (exact) mass is 309 g/mol. The second-order valence-corrected chi connectivity index (χ2v) is 6.91. The van der Waals surface area contributed by atoms with Crippen LogP contribution < -0.4 is 5.32 Å². The van der Waals surface area contributed by atoms with Gasteiger partial charge in [0.25, 0.3) is 5.91 Å². The lowest BCUT2D eigenvalue weighted by atomic mass is 9.99. The van der Waals surface area contributed by atoms with Crippen molar-refractivity contribution in [2.75, 3.05) is 0 Å². The van der Waals surface area contributed by atoms with Gasteiger partial charge >= 0.3 is 0 Å². The van der Waals surface area contributed by atoms with Gasteiger partial charge in [0.2, 0.25) is 0 Å². The Morgan fingerprint density at radius 2 is 1.52 bits per heavy atom. The predicted molar refractivity (Wildman–Crippen MR) is 96.8 cm³/mol. The van der Waals surface area contributed by atoms with Crippen molar-refractivity contribution >= 4 is 5.91 Å². The average molecular weight is 309 g/mol. The Morgan fingerprint density at radius 3 is 2.04 bits per heavy atom. The molecule has 0 saturated heterocycles. The van der Waals surface area contributed by atoms with Gasteiger partial charge in [-0.1, -0.05) is 55.3 Å². The Morgan fingerprint density at radius 1 is 0.957 bits per heavy atom. The number of hydrogen-bond acceptors (Lipinski definition) is 1. The van der Waals surface area contributed by atoms with Crippen molar-refractivity contribution in [2.24, 2.45) is 5.92 Å². The molecule has 0 aromatic heterocycles. The fourth-order valence-electron chi connectivity index (χ4n) is 2.88. The number of benzene rings is 2. The van der Waals surface area contributed by atoms with Gasteiger partial charge in [-0.15, -0.1) is 0 Å². The zero-order chi connectivity index (χ0) is 17.0. The van der Waals surface area contributed by atoms with Crippen molar-refractivity contribution in [2.45, 2.75) is 47.1 Å². The second kappa shape index (κ2) is 7.45. The van der Waals surface area contributed by atoms with Gasteiger partial charge in [0.05, 0.1) is 6.04 Å². The summed E-state index contributed by atoms with van der Waals surface area (Å²) in [5.41, 5.74) is 5.43.